The highest BCUT2D eigenvalue weighted by Crippen LogP contribution is 2.15. The maximum absolute atomic E-state index is 8.38. The number of nitriles is 1. The van der Waals surface area contributed by atoms with E-state index in [1.165, 1.54) is 5.39 Å². The molecule has 0 amide bonds. The minimum Gasteiger partial charge on any atom is -0.361 e. The molecule has 1 aromatic carbocycles. The minimum absolute atomic E-state index is 0.463. The van der Waals surface area contributed by atoms with Gasteiger partial charge in [-0.2, -0.15) is 5.26 Å². The molecule has 2 rings (SSSR count). The molecule has 1 N–H and O–H groups in total. The second-order valence-electron chi connectivity index (χ2n) is 3.09. The van der Waals surface area contributed by atoms with Crippen molar-refractivity contribution >= 4 is 17.0 Å². The van der Waals surface area contributed by atoms with Crippen LogP contribution in [0.5, 0.6) is 0 Å². The van der Waals surface area contributed by atoms with Crippen LogP contribution in [0.4, 0.5) is 0 Å². The number of hydrogen-bond acceptors (Lipinski definition) is 1. The van der Waals surface area contributed by atoms with Crippen molar-refractivity contribution in [2.75, 3.05) is 0 Å². The highest BCUT2D eigenvalue weighted by Gasteiger charge is 1.93. The molecular weight excluding hydrogens is 172 g/mol. The van der Waals surface area contributed by atoms with Gasteiger partial charge in [-0.3, -0.25) is 0 Å². The Kier molecular flexibility index (Phi) is 2.33. The van der Waals surface area contributed by atoms with Crippen molar-refractivity contribution in [2.24, 2.45) is 0 Å². The van der Waals surface area contributed by atoms with E-state index in [-0.39, 0.29) is 0 Å². The fourth-order valence-corrected chi connectivity index (χ4v) is 1.42. The number of nitrogens with zero attached hydrogens (tertiary/aromatic N) is 1. The first-order chi connectivity index (χ1) is 6.90. The van der Waals surface area contributed by atoms with Crippen molar-refractivity contribution in [2.45, 2.75) is 6.42 Å². The summed E-state index contributed by atoms with van der Waals surface area (Å²) < 4.78 is 0. The average molecular weight is 182 g/mol. The third-order valence-electron chi connectivity index (χ3n) is 2.10. The van der Waals surface area contributed by atoms with Crippen molar-refractivity contribution < 1.29 is 0 Å². The van der Waals surface area contributed by atoms with E-state index in [0.29, 0.717) is 6.42 Å². The number of allylic oxidation sites excluding steroid dienone is 1. The summed E-state index contributed by atoms with van der Waals surface area (Å²) >= 11 is 0. The zero-order chi connectivity index (χ0) is 9.80. The van der Waals surface area contributed by atoms with Crippen LogP contribution < -0.4 is 0 Å². The molecule has 0 bridgehead atoms. The molecule has 0 radical (unpaired) electrons. The van der Waals surface area contributed by atoms with E-state index in [1.54, 1.807) is 0 Å². The van der Waals surface area contributed by atoms with Gasteiger partial charge in [0.05, 0.1) is 12.5 Å². The van der Waals surface area contributed by atoms with Crippen LogP contribution in [0.3, 0.4) is 0 Å². The first-order valence-corrected chi connectivity index (χ1v) is 4.51. The lowest BCUT2D eigenvalue weighted by atomic mass is 10.1. The van der Waals surface area contributed by atoms with Crippen LogP contribution >= 0.6 is 0 Å². The molecule has 68 valence electrons. The molecule has 14 heavy (non-hydrogen) atoms. The van der Waals surface area contributed by atoms with E-state index in [0.717, 1.165) is 11.1 Å². The highest BCUT2D eigenvalue weighted by atomic mass is 14.7. The SMILES string of the molecule is N#CCC=Cc1ccc2[nH]ccc2c1. The Morgan fingerprint density at radius 2 is 2.29 bits per heavy atom. The quantitative estimate of drug-likeness (QED) is 0.761. The minimum atomic E-state index is 0.463. The topological polar surface area (TPSA) is 39.6 Å². The molecule has 0 atom stereocenters. The third kappa shape index (κ3) is 1.67. The second kappa shape index (κ2) is 3.80. The number of hydrogen-bond donors (Lipinski definition) is 1. The van der Waals surface area contributed by atoms with Gasteiger partial charge in [-0.05, 0) is 29.1 Å². The molecule has 2 heteroatoms. The molecule has 2 nitrogen and oxygen atoms in total. The van der Waals surface area contributed by atoms with Crippen LogP contribution in [0.15, 0.2) is 36.5 Å². The molecule has 0 saturated heterocycles. The van der Waals surface area contributed by atoms with Gasteiger partial charge in [0.1, 0.15) is 0 Å². The van der Waals surface area contributed by atoms with Crippen LogP contribution in [-0.4, -0.2) is 4.98 Å². The summed E-state index contributed by atoms with van der Waals surface area (Å²) in [6, 6.07) is 10.3. The number of H-pyrrole nitrogens is 1. The zero-order valence-corrected chi connectivity index (χ0v) is 7.70. The summed E-state index contributed by atoms with van der Waals surface area (Å²) in [6.45, 7) is 0. The number of nitrogens with one attached hydrogen (secondary N) is 1. The fourth-order valence-electron chi connectivity index (χ4n) is 1.42. The van der Waals surface area contributed by atoms with Crippen LogP contribution in [0.2, 0.25) is 0 Å². The number of fused-ring (bicyclic) bond motifs is 1. The van der Waals surface area contributed by atoms with Gasteiger partial charge >= 0.3 is 0 Å². The molecular formula is C12H10N2. The third-order valence-corrected chi connectivity index (χ3v) is 2.10. The van der Waals surface area contributed by atoms with E-state index >= 15 is 0 Å². The molecule has 1 heterocycles. The lowest BCUT2D eigenvalue weighted by Gasteiger charge is -1.93. The predicted molar refractivity (Wildman–Crippen MR) is 57.6 cm³/mol. The van der Waals surface area contributed by atoms with E-state index in [9.17, 15) is 0 Å². The molecule has 0 spiro atoms. The molecule has 2 aromatic rings. The molecule has 0 unspecified atom stereocenters. The van der Waals surface area contributed by atoms with Gasteiger partial charge in [-0.25, -0.2) is 0 Å². The van der Waals surface area contributed by atoms with Crippen molar-refractivity contribution in [1.29, 1.82) is 5.26 Å². The van der Waals surface area contributed by atoms with Crippen molar-refractivity contribution in [3.63, 3.8) is 0 Å². The van der Waals surface area contributed by atoms with Crippen LogP contribution in [0.1, 0.15) is 12.0 Å². The summed E-state index contributed by atoms with van der Waals surface area (Å²) in [5, 5.41) is 9.57. The van der Waals surface area contributed by atoms with Gasteiger partial charge in [-0.1, -0.05) is 18.2 Å². The van der Waals surface area contributed by atoms with Crippen molar-refractivity contribution in [3.05, 3.63) is 42.1 Å². The zero-order valence-electron chi connectivity index (χ0n) is 7.70. The summed E-state index contributed by atoms with van der Waals surface area (Å²) in [5.74, 6) is 0. The molecule has 0 aliphatic carbocycles. The largest absolute Gasteiger partial charge is 0.361 e. The highest BCUT2D eigenvalue weighted by molar-refractivity contribution is 5.81. The maximum atomic E-state index is 8.38. The second-order valence-corrected chi connectivity index (χ2v) is 3.09. The first kappa shape index (κ1) is 8.58. The molecule has 0 aliphatic heterocycles. The Morgan fingerprint density at radius 1 is 1.36 bits per heavy atom. The monoisotopic (exact) mass is 182 g/mol. The Hall–Kier alpha value is -2.01. The summed E-state index contributed by atoms with van der Waals surface area (Å²) in [5.41, 5.74) is 2.27. The lowest BCUT2D eigenvalue weighted by Crippen LogP contribution is -1.72. The van der Waals surface area contributed by atoms with E-state index in [1.807, 2.05) is 36.5 Å². The van der Waals surface area contributed by atoms with E-state index in [2.05, 4.69) is 17.1 Å². The smallest absolute Gasteiger partial charge is 0.0663 e. The van der Waals surface area contributed by atoms with Gasteiger partial charge < -0.3 is 4.98 Å². The van der Waals surface area contributed by atoms with Gasteiger partial charge in [-0.15, -0.1) is 0 Å². The van der Waals surface area contributed by atoms with E-state index < -0.39 is 0 Å². The number of rotatable bonds is 2. The lowest BCUT2D eigenvalue weighted by molar-refractivity contribution is 1.36. The normalized spacial score (nSPS) is 10.8. The maximum Gasteiger partial charge on any atom is 0.0663 e. The number of benzene rings is 1. The van der Waals surface area contributed by atoms with Gasteiger partial charge in [0.25, 0.3) is 0 Å². The van der Waals surface area contributed by atoms with Crippen LogP contribution in [0.25, 0.3) is 17.0 Å². The van der Waals surface area contributed by atoms with Crippen LogP contribution in [0, 0.1) is 11.3 Å². The van der Waals surface area contributed by atoms with Crippen molar-refractivity contribution in [1.82, 2.24) is 4.98 Å². The summed E-state index contributed by atoms with van der Waals surface area (Å²) in [7, 11) is 0. The summed E-state index contributed by atoms with van der Waals surface area (Å²) in [6.07, 6.45) is 6.22. The molecule has 0 fully saturated rings. The summed E-state index contributed by atoms with van der Waals surface area (Å²) in [4.78, 5) is 3.14. The fraction of sp³-hybridized carbons (Fsp3) is 0.0833. The Bertz CT molecular complexity index is 500. The standard InChI is InChI=1S/C12H10N2/c13-7-2-1-3-10-4-5-12-11(9-10)6-8-14-12/h1,3-6,8-9,14H,2H2. The Morgan fingerprint density at radius 3 is 3.14 bits per heavy atom. The van der Waals surface area contributed by atoms with E-state index in [4.69, 9.17) is 5.26 Å². The predicted octanol–water partition coefficient (Wildman–Crippen LogP) is 3.09. The van der Waals surface area contributed by atoms with Gasteiger partial charge in [0, 0.05) is 11.7 Å². The number of aromatic nitrogens is 1. The Balaban J connectivity index is 2.31. The molecule has 1 aromatic heterocycles. The van der Waals surface area contributed by atoms with Crippen LogP contribution in [-0.2, 0) is 0 Å². The van der Waals surface area contributed by atoms with Crippen molar-refractivity contribution in [3.8, 4) is 6.07 Å². The first-order valence-electron chi connectivity index (χ1n) is 4.51. The van der Waals surface area contributed by atoms with Gasteiger partial charge in [0.15, 0.2) is 0 Å². The molecule has 0 saturated carbocycles. The average Bonchev–Trinajstić information content (AvgIpc) is 2.65. The van der Waals surface area contributed by atoms with Gasteiger partial charge in [0.2, 0.25) is 0 Å². The number of aromatic amines is 1. The Labute approximate surface area is 82.5 Å². The molecule has 0 aliphatic rings.